The zero-order chi connectivity index (χ0) is 20.3. The van der Waals surface area contributed by atoms with E-state index < -0.39 is 9.84 Å². The largest absolute Gasteiger partial charge is 0.337 e. The summed E-state index contributed by atoms with van der Waals surface area (Å²) < 4.78 is 23.9. The van der Waals surface area contributed by atoms with Crippen molar-refractivity contribution in [3.63, 3.8) is 0 Å². The molecule has 0 aliphatic carbocycles. The van der Waals surface area contributed by atoms with Gasteiger partial charge >= 0.3 is 0 Å². The van der Waals surface area contributed by atoms with E-state index in [1.165, 1.54) is 11.3 Å². The van der Waals surface area contributed by atoms with E-state index in [9.17, 15) is 13.2 Å². The number of benzene rings is 1. The molecule has 8 heteroatoms. The number of thiazole rings is 1. The van der Waals surface area contributed by atoms with Crippen molar-refractivity contribution in [2.75, 3.05) is 38.7 Å². The molecule has 3 rings (SSSR count). The predicted molar refractivity (Wildman–Crippen MR) is 113 cm³/mol. The van der Waals surface area contributed by atoms with Crippen LogP contribution in [0.2, 0.25) is 0 Å². The molecule has 0 bridgehead atoms. The highest BCUT2D eigenvalue weighted by Gasteiger charge is 2.34. The summed E-state index contributed by atoms with van der Waals surface area (Å²) in [6, 6.07) is 9.64. The monoisotopic (exact) mass is 421 g/mol. The van der Waals surface area contributed by atoms with Crippen molar-refractivity contribution in [1.82, 2.24) is 14.8 Å². The molecule has 6 nitrogen and oxygen atoms in total. The van der Waals surface area contributed by atoms with Crippen LogP contribution in [0.5, 0.6) is 0 Å². The van der Waals surface area contributed by atoms with Gasteiger partial charge < -0.3 is 9.80 Å². The summed E-state index contributed by atoms with van der Waals surface area (Å²) in [5.41, 5.74) is 1.85. The van der Waals surface area contributed by atoms with Gasteiger partial charge in [-0.05, 0) is 27.4 Å². The SMILES string of the molecule is Cc1nc(-c2ccccc2)c(CC(=O)N(CCN(C)C)[C@H]2CCS(=O)(=O)C2)s1. The predicted octanol–water partition coefficient (Wildman–Crippen LogP) is 2.24. The number of nitrogens with zero attached hydrogens (tertiary/aromatic N) is 3. The Hall–Kier alpha value is -1.77. The average Bonchev–Trinajstić information content (AvgIpc) is 3.17. The summed E-state index contributed by atoms with van der Waals surface area (Å²) in [6.45, 7) is 3.18. The molecule has 2 heterocycles. The van der Waals surface area contributed by atoms with Crippen LogP contribution in [0.15, 0.2) is 30.3 Å². The Morgan fingerprint density at radius 1 is 1.21 bits per heavy atom. The van der Waals surface area contributed by atoms with Gasteiger partial charge in [0.25, 0.3) is 0 Å². The zero-order valence-electron chi connectivity index (χ0n) is 16.6. The summed E-state index contributed by atoms with van der Waals surface area (Å²) in [7, 11) is 0.855. The Bertz CT molecular complexity index is 923. The van der Waals surface area contributed by atoms with Gasteiger partial charge in [0.05, 0.1) is 28.6 Å². The molecule has 28 heavy (non-hydrogen) atoms. The quantitative estimate of drug-likeness (QED) is 0.686. The minimum atomic E-state index is -3.05. The van der Waals surface area contributed by atoms with Gasteiger partial charge in [0.15, 0.2) is 9.84 Å². The average molecular weight is 422 g/mol. The zero-order valence-corrected chi connectivity index (χ0v) is 18.2. The van der Waals surface area contributed by atoms with Gasteiger partial charge in [-0.15, -0.1) is 11.3 Å². The van der Waals surface area contributed by atoms with Crippen molar-refractivity contribution in [2.24, 2.45) is 0 Å². The number of aryl methyl sites for hydroxylation is 1. The summed E-state index contributed by atoms with van der Waals surface area (Å²) in [5.74, 6) is 0.211. The molecule has 1 amide bonds. The van der Waals surface area contributed by atoms with Crippen LogP contribution in [0, 0.1) is 6.92 Å². The highest BCUT2D eigenvalue weighted by molar-refractivity contribution is 7.91. The topological polar surface area (TPSA) is 70.6 Å². The molecule has 1 saturated heterocycles. The maximum absolute atomic E-state index is 13.2. The lowest BCUT2D eigenvalue weighted by molar-refractivity contribution is -0.132. The second-order valence-electron chi connectivity index (χ2n) is 7.49. The normalized spacial score (nSPS) is 18.5. The Kier molecular flexibility index (Phi) is 6.52. The maximum Gasteiger partial charge on any atom is 0.228 e. The second-order valence-corrected chi connectivity index (χ2v) is 11.0. The first-order valence-electron chi connectivity index (χ1n) is 9.41. The van der Waals surface area contributed by atoms with Crippen molar-refractivity contribution in [3.05, 3.63) is 40.2 Å². The van der Waals surface area contributed by atoms with Crippen molar-refractivity contribution in [3.8, 4) is 11.3 Å². The number of amides is 1. The minimum Gasteiger partial charge on any atom is -0.337 e. The molecule has 1 aliphatic heterocycles. The Labute approximate surface area is 171 Å². The van der Waals surface area contributed by atoms with E-state index in [0.29, 0.717) is 19.5 Å². The molecule has 0 saturated carbocycles. The number of hydrogen-bond donors (Lipinski definition) is 0. The minimum absolute atomic E-state index is 0.0234. The summed E-state index contributed by atoms with van der Waals surface area (Å²) in [4.78, 5) is 22.6. The third-order valence-corrected chi connectivity index (χ3v) is 7.64. The van der Waals surface area contributed by atoms with E-state index in [4.69, 9.17) is 0 Å². The third kappa shape index (κ3) is 5.18. The molecule has 1 atom stereocenters. The standard InChI is InChI=1S/C20H27N3O3S2/c1-15-21-20(16-7-5-4-6-8-16)18(27-15)13-19(24)23(11-10-22(2)3)17-9-12-28(25,26)14-17/h4-8,17H,9-14H2,1-3H3/t17-/m0/s1. The van der Waals surface area contributed by atoms with Crippen LogP contribution in [-0.4, -0.2) is 73.8 Å². The molecule has 0 radical (unpaired) electrons. The first-order chi connectivity index (χ1) is 13.2. The number of sulfone groups is 1. The van der Waals surface area contributed by atoms with E-state index >= 15 is 0 Å². The Morgan fingerprint density at radius 3 is 2.54 bits per heavy atom. The molecule has 0 unspecified atom stereocenters. The molecular weight excluding hydrogens is 394 g/mol. The molecule has 2 aromatic rings. The van der Waals surface area contributed by atoms with E-state index in [1.54, 1.807) is 4.90 Å². The summed E-state index contributed by atoms with van der Waals surface area (Å²) in [5, 5.41) is 0.921. The van der Waals surface area contributed by atoms with Gasteiger partial charge in [-0.3, -0.25) is 4.79 Å². The maximum atomic E-state index is 13.2. The summed E-state index contributed by atoms with van der Waals surface area (Å²) >= 11 is 1.53. The molecule has 1 fully saturated rings. The van der Waals surface area contributed by atoms with Gasteiger partial charge in [0.2, 0.25) is 5.91 Å². The van der Waals surface area contributed by atoms with Crippen LogP contribution in [0.4, 0.5) is 0 Å². The van der Waals surface area contributed by atoms with Crippen LogP contribution in [0.3, 0.4) is 0 Å². The fourth-order valence-electron chi connectivity index (χ4n) is 3.49. The first kappa shape index (κ1) is 21.0. The Morgan fingerprint density at radius 2 is 1.93 bits per heavy atom. The van der Waals surface area contributed by atoms with Gasteiger partial charge in [0.1, 0.15) is 0 Å². The van der Waals surface area contributed by atoms with Crippen molar-refractivity contribution < 1.29 is 13.2 Å². The number of aromatic nitrogens is 1. The van der Waals surface area contributed by atoms with E-state index in [2.05, 4.69) is 4.98 Å². The summed E-state index contributed by atoms with van der Waals surface area (Å²) in [6.07, 6.45) is 0.772. The van der Waals surface area contributed by atoms with Crippen LogP contribution in [-0.2, 0) is 21.1 Å². The van der Waals surface area contributed by atoms with E-state index in [-0.39, 0.29) is 29.9 Å². The molecule has 152 valence electrons. The van der Waals surface area contributed by atoms with Crippen molar-refractivity contribution in [2.45, 2.75) is 25.8 Å². The molecule has 0 N–H and O–H groups in total. The third-order valence-electron chi connectivity index (χ3n) is 4.92. The van der Waals surface area contributed by atoms with E-state index in [1.807, 2.05) is 56.3 Å². The number of carbonyl (C=O) groups excluding carboxylic acids is 1. The van der Waals surface area contributed by atoms with E-state index in [0.717, 1.165) is 21.1 Å². The van der Waals surface area contributed by atoms with Crippen LogP contribution >= 0.6 is 11.3 Å². The lowest BCUT2D eigenvalue weighted by atomic mass is 10.1. The van der Waals surface area contributed by atoms with Crippen molar-refractivity contribution in [1.29, 1.82) is 0 Å². The lowest BCUT2D eigenvalue weighted by Crippen LogP contribution is -2.45. The lowest BCUT2D eigenvalue weighted by Gasteiger charge is -2.29. The molecule has 1 aromatic heterocycles. The van der Waals surface area contributed by atoms with Crippen LogP contribution in [0.1, 0.15) is 16.3 Å². The van der Waals surface area contributed by atoms with Gasteiger partial charge in [-0.2, -0.15) is 0 Å². The van der Waals surface area contributed by atoms with Crippen LogP contribution in [0.25, 0.3) is 11.3 Å². The molecule has 0 spiro atoms. The fraction of sp³-hybridized carbons (Fsp3) is 0.500. The smallest absolute Gasteiger partial charge is 0.228 e. The number of carbonyl (C=O) groups is 1. The number of rotatable bonds is 7. The molecular formula is C20H27N3O3S2. The second kappa shape index (κ2) is 8.71. The van der Waals surface area contributed by atoms with Crippen LogP contribution < -0.4 is 0 Å². The fourth-order valence-corrected chi connectivity index (χ4v) is 6.17. The van der Waals surface area contributed by atoms with Gasteiger partial charge in [0, 0.05) is 29.6 Å². The highest BCUT2D eigenvalue weighted by atomic mass is 32.2. The Balaban J connectivity index is 1.82. The number of likely N-dealkylation sites (N-methyl/N-ethyl adjacent to an activating group) is 1. The van der Waals surface area contributed by atoms with Crippen molar-refractivity contribution >= 4 is 27.1 Å². The molecule has 1 aliphatic rings. The number of hydrogen-bond acceptors (Lipinski definition) is 6. The first-order valence-corrected chi connectivity index (χ1v) is 12.1. The highest BCUT2D eigenvalue weighted by Crippen LogP contribution is 2.29. The molecule has 1 aromatic carbocycles. The van der Waals surface area contributed by atoms with Gasteiger partial charge in [-0.1, -0.05) is 30.3 Å². The van der Waals surface area contributed by atoms with Gasteiger partial charge in [-0.25, -0.2) is 13.4 Å².